The minimum atomic E-state index is -0.183. The number of thioether (sulfide) groups is 1. The lowest BCUT2D eigenvalue weighted by Crippen LogP contribution is -2.24. The summed E-state index contributed by atoms with van der Waals surface area (Å²) < 4.78 is 9.32. The Hall–Kier alpha value is -3.75. The van der Waals surface area contributed by atoms with Crippen molar-refractivity contribution in [2.75, 3.05) is 12.9 Å². The standard InChI is InChI=1S/C27H24ClN5O2S/c1-17(28)16-36-27-31-30-25(33(27)19-9-11-20(35-3)12-10-19)15-29-26(34)18-8-13-24-22(14-18)21-6-4-5-7-23(21)32(24)2/h4-14H,1,15-16H2,2-3H3,(H,29,34). The van der Waals surface area contributed by atoms with E-state index in [2.05, 4.69) is 38.8 Å². The average Bonchev–Trinajstić information content (AvgIpc) is 3.44. The topological polar surface area (TPSA) is 74.0 Å². The molecule has 2 heterocycles. The summed E-state index contributed by atoms with van der Waals surface area (Å²) in [6, 6.07) is 21.5. The van der Waals surface area contributed by atoms with E-state index in [0.29, 0.717) is 27.3 Å². The minimum absolute atomic E-state index is 0.183. The molecule has 0 aliphatic carbocycles. The molecule has 0 spiro atoms. The van der Waals surface area contributed by atoms with E-state index >= 15 is 0 Å². The third-order valence-corrected chi connectivity index (χ3v) is 7.28. The second kappa shape index (κ2) is 10.1. The van der Waals surface area contributed by atoms with Crippen LogP contribution in [0.25, 0.3) is 27.5 Å². The first-order valence-electron chi connectivity index (χ1n) is 11.3. The normalized spacial score (nSPS) is 11.2. The summed E-state index contributed by atoms with van der Waals surface area (Å²) in [7, 11) is 3.66. The molecule has 7 nitrogen and oxygen atoms in total. The highest BCUT2D eigenvalue weighted by Crippen LogP contribution is 2.29. The van der Waals surface area contributed by atoms with Crippen LogP contribution in [-0.4, -0.2) is 38.1 Å². The number of para-hydroxylation sites is 1. The molecule has 0 saturated carbocycles. The zero-order valence-corrected chi connectivity index (χ0v) is 21.4. The summed E-state index contributed by atoms with van der Waals surface area (Å²) >= 11 is 7.40. The van der Waals surface area contributed by atoms with Crippen LogP contribution < -0.4 is 10.1 Å². The summed E-state index contributed by atoms with van der Waals surface area (Å²) in [5.74, 6) is 1.65. The molecule has 5 aromatic rings. The predicted octanol–water partition coefficient (Wildman–Crippen LogP) is 5.70. The lowest BCUT2D eigenvalue weighted by Gasteiger charge is -2.12. The first-order chi connectivity index (χ1) is 17.5. The molecule has 182 valence electrons. The van der Waals surface area contributed by atoms with E-state index in [1.54, 1.807) is 7.11 Å². The van der Waals surface area contributed by atoms with E-state index < -0.39 is 0 Å². The Bertz CT molecular complexity index is 1590. The number of nitrogens with one attached hydrogen (secondary N) is 1. The maximum absolute atomic E-state index is 13.1. The van der Waals surface area contributed by atoms with E-state index in [-0.39, 0.29) is 12.5 Å². The van der Waals surface area contributed by atoms with Crippen molar-refractivity contribution in [1.29, 1.82) is 0 Å². The lowest BCUT2D eigenvalue weighted by atomic mass is 10.1. The number of fused-ring (bicyclic) bond motifs is 3. The number of nitrogens with zero attached hydrogens (tertiary/aromatic N) is 4. The summed E-state index contributed by atoms with van der Waals surface area (Å²) in [4.78, 5) is 13.1. The molecule has 0 atom stereocenters. The van der Waals surface area contributed by atoms with Gasteiger partial charge >= 0.3 is 0 Å². The van der Waals surface area contributed by atoms with Crippen LogP contribution in [0.4, 0.5) is 0 Å². The van der Waals surface area contributed by atoms with E-state index in [9.17, 15) is 4.79 Å². The first-order valence-corrected chi connectivity index (χ1v) is 12.6. The number of hydrogen-bond donors (Lipinski definition) is 1. The summed E-state index contributed by atoms with van der Waals surface area (Å²) in [5.41, 5.74) is 3.64. The van der Waals surface area contributed by atoms with Gasteiger partial charge in [-0.15, -0.1) is 10.2 Å². The van der Waals surface area contributed by atoms with Crippen molar-refractivity contribution in [1.82, 2.24) is 24.6 Å². The number of halogens is 1. The van der Waals surface area contributed by atoms with Crippen molar-refractivity contribution < 1.29 is 9.53 Å². The molecule has 1 amide bonds. The smallest absolute Gasteiger partial charge is 0.251 e. The van der Waals surface area contributed by atoms with Crippen molar-refractivity contribution in [3.8, 4) is 11.4 Å². The number of carbonyl (C=O) groups excluding carboxylic acids is 1. The molecule has 0 fully saturated rings. The Balaban J connectivity index is 1.42. The van der Waals surface area contributed by atoms with Crippen LogP contribution in [0.15, 0.2) is 83.5 Å². The van der Waals surface area contributed by atoms with Gasteiger partial charge in [-0.3, -0.25) is 9.36 Å². The van der Waals surface area contributed by atoms with Crippen LogP contribution in [-0.2, 0) is 13.6 Å². The Morgan fingerprint density at radius 1 is 1.06 bits per heavy atom. The van der Waals surface area contributed by atoms with Gasteiger partial charge in [-0.05, 0) is 48.5 Å². The first kappa shape index (κ1) is 24.0. The van der Waals surface area contributed by atoms with Crippen molar-refractivity contribution in [2.45, 2.75) is 11.7 Å². The average molecular weight is 518 g/mol. The molecule has 1 N–H and O–H groups in total. The number of benzene rings is 3. The summed E-state index contributed by atoms with van der Waals surface area (Å²) in [6.45, 7) is 3.95. The number of aryl methyl sites for hydroxylation is 1. The van der Waals surface area contributed by atoms with Gasteiger partial charge in [0.1, 0.15) is 5.75 Å². The molecule has 0 radical (unpaired) electrons. The van der Waals surface area contributed by atoms with Crippen LogP contribution in [0.2, 0.25) is 0 Å². The third-order valence-electron chi connectivity index (χ3n) is 5.97. The van der Waals surface area contributed by atoms with E-state index in [1.807, 2.05) is 66.2 Å². The van der Waals surface area contributed by atoms with Gasteiger partial charge in [0, 0.05) is 50.9 Å². The highest BCUT2D eigenvalue weighted by Gasteiger charge is 2.17. The molecule has 2 aromatic heterocycles. The lowest BCUT2D eigenvalue weighted by molar-refractivity contribution is 0.0950. The monoisotopic (exact) mass is 517 g/mol. The molecule has 0 aliphatic rings. The van der Waals surface area contributed by atoms with Crippen molar-refractivity contribution in [3.63, 3.8) is 0 Å². The van der Waals surface area contributed by atoms with Gasteiger partial charge in [0.25, 0.3) is 5.91 Å². The third kappa shape index (κ3) is 4.57. The van der Waals surface area contributed by atoms with Crippen molar-refractivity contribution >= 4 is 51.1 Å². The molecule has 36 heavy (non-hydrogen) atoms. The second-order valence-corrected chi connectivity index (χ2v) is 9.71. The molecule has 5 rings (SSSR count). The van der Waals surface area contributed by atoms with Crippen molar-refractivity contribution in [3.05, 3.63) is 89.7 Å². The van der Waals surface area contributed by atoms with E-state index in [1.165, 1.54) is 11.8 Å². The number of ether oxygens (including phenoxy) is 1. The van der Waals surface area contributed by atoms with Crippen LogP contribution in [0.3, 0.4) is 0 Å². The fraction of sp³-hybridized carbons (Fsp3) is 0.148. The number of methoxy groups -OCH3 is 1. The van der Waals surface area contributed by atoms with Gasteiger partial charge in [-0.25, -0.2) is 0 Å². The highest BCUT2D eigenvalue weighted by molar-refractivity contribution is 7.99. The fourth-order valence-corrected chi connectivity index (χ4v) is 5.10. The number of aromatic nitrogens is 4. The van der Waals surface area contributed by atoms with Gasteiger partial charge in [-0.2, -0.15) is 0 Å². The Labute approximate surface area is 217 Å². The maximum Gasteiger partial charge on any atom is 0.251 e. The molecular weight excluding hydrogens is 494 g/mol. The Kier molecular flexibility index (Phi) is 6.71. The van der Waals surface area contributed by atoms with Crippen LogP contribution >= 0.6 is 23.4 Å². The number of amides is 1. The second-order valence-electron chi connectivity index (χ2n) is 8.23. The van der Waals surface area contributed by atoms with Crippen LogP contribution in [0.1, 0.15) is 16.2 Å². The van der Waals surface area contributed by atoms with Gasteiger partial charge in [0.15, 0.2) is 11.0 Å². The zero-order chi connectivity index (χ0) is 25.2. The quantitative estimate of drug-likeness (QED) is 0.267. The molecule has 0 bridgehead atoms. The van der Waals surface area contributed by atoms with Crippen LogP contribution in [0, 0.1) is 0 Å². The predicted molar refractivity (Wildman–Crippen MR) is 145 cm³/mol. The molecule has 0 saturated heterocycles. The maximum atomic E-state index is 13.1. The molecule has 0 aliphatic heterocycles. The fourth-order valence-electron chi connectivity index (χ4n) is 4.21. The van der Waals surface area contributed by atoms with Gasteiger partial charge < -0.3 is 14.6 Å². The van der Waals surface area contributed by atoms with E-state index in [4.69, 9.17) is 16.3 Å². The number of hydrogen-bond acceptors (Lipinski definition) is 5. The highest BCUT2D eigenvalue weighted by atomic mass is 35.5. The van der Waals surface area contributed by atoms with Gasteiger partial charge in [-0.1, -0.05) is 48.1 Å². The number of carbonyl (C=O) groups is 1. The number of rotatable bonds is 8. The minimum Gasteiger partial charge on any atom is -0.497 e. The zero-order valence-electron chi connectivity index (χ0n) is 19.9. The van der Waals surface area contributed by atoms with Gasteiger partial charge in [0.2, 0.25) is 0 Å². The Morgan fingerprint density at radius 3 is 2.56 bits per heavy atom. The van der Waals surface area contributed by atoms with Crippen LogP contribution in [0.5, 0.6) is 5.75 Å². The van der Waals surface area contributed by atoms with E-state index in [0.717, 1.165) is 33.2 Å². The Morgan fingerprint density at radius 2 is 1.81 bits per heavy atom. The molecule has 3 aromatic carbocycles. The van der Waals surface area contributed by atoms with Crippen molar-refractivity contribution in [2.24, 2.45) is 7.05 Å². The summed E-state index contributed by atoms with van der Waals surface area (Å²) in [6.07, 6.45) is 0. The molecular formula is C27H24ClN5O2S. The summed E-state index contributed by atoms with van der Waals surface area (Å²) in [5, 5.41) is 15.0. The molecule has 0 unspecified atom stereocenters. The largest absolute Gasteiger partial charge is 0.497 e. The molecule has 9 heteroatoms. The SMILES string of the molecule is C=C(Cl)CSc1nnc(CNC(=O)c2ccc3c(c2)c2ccccc2n3C)n1-c1ccc(OC)cc1. The van der Waals surface area contributed by atoms with Gasteiger partial charge in [0.05, 0.1) is 13.7 Å².